The fourth-order valence-corrected chi connectivity index (χ4v) is 2.27. The maximum atomic E-state index is 11.9. The molecule has 2 nitrogen and oxygen atoms in total. The number of amides is 1. The average Bonchev–Trinajstić information content (AvgIpc) is 2.04. The summed E-state index contributed by atoms with van der Waals surface area (Å²) in [7, 11) is 0. The monoisotopic (exact) mass is 255 g/mol. The Kier molecular flexibility index (Phi) is 3.64. The van der Waals surface area contributed by atoms with Gasteiger partial charge in [-0.3, -0.25) is 4.79 Å². The molecule has 0 aromatic rings. The molecular weight excluding hydrogens is 244 g/mol. The van der Waals surface area contributed by atoms with Crippen molar-refractivity contribution < 1.29 is 13.6 Å². The van der Waals surface area contributed by atoms with Crippen molar-refractivity contribution in [3.05, 3.63) is 0 Å². The fourth-order valence-electron chi connectivity index (χ4n) is 1.51. The minimum atomic E-state index is -2.92. The van der Waals surface area contributed by atoms with Gasteiger partial charge in [-0.2, -0.15) is 8.78 Å². The predicted octanol–water partition coefficient (Wildman–Crippen LogP) is 2.42. The van der Waals surface area contributed by atoms with E-state index in [1.54, 1.807) is 0 Å². The molecule has 0 aromatic heterocycles. The summed E-state index contributed by atoms with van der Waals surface area (Å²) in [5, 5.41) is 2.32. The van der Waals surface area contributed by atoms with Crippen molar-refractivity contribution in [2.75, 3.05) is 0 Å². The molecule has 0 saturated heterocycles. The van der Waals surface area contributed by atoms with Gasteiger partial charge < -0.3 is 5.32 Å². The summed E-state index contributed by atoms with van der Waals surface area (Å²) in [6.45, 7) is 0. The average molecular weight is 256 g/mol. The van der Waals surface area contributed by atoms with Gasteiger partial charge >= 0.3 is 6.43 Å². The molecule has 1 aliphatic rings. The molecule has 0 spiro atoms. The largest absolute Gasteiger partial charge is 0.336 e. The molecule has 0 atom stereocenters. The third-order valence-electron chi connectivity index (χ3n) is 2.19. The van der Waals surface area contributed by atoms with Gasteiger partial charge in [0, 0.05) is 0 Å². The zero-order chi connectivity index (χ0) is 9.90. The third kappa shape index (κ3) is 3.21. The first-order chi connectivity index (χ1) is 6.03. The maximum absolute atomic E-state index is 11.9. The van der Waals surface area contributed by atoms with Crippen molar-refractivity contribution in [3.8, 4) is 0 Å². The molecule has 5 heteroatoms. The summed E-state index contributed by atoms with van der Waals surface area (Å²) < 4.78 is 23.3. The number of carbonyl (C=O) groups excluding carboxylic acids is 1. The molecule has 0 radical (unpaired) electrons. The second kappa shape index (κ2) is 4.35. The summed E-state index contributed by atoms with van der Waals surface area (Å²) in [5.74, 6) is -1.18. The first kappa shape index (κ1) is 10.9. The first-order valence-electron chi connectivity index (χ1n) is 4.33. The lowest BCUT2D eigenvalue weighted by Crippen LogP contribution is -2.47. The normalized spacial score (nSPS) is 21.5. The molecule has 0 aromatic carbocycles. The molecule has 1 rings (SSSR count). The smallest absolute Gasteiger partial charge is 0.315 e. The lowest BCUT2D eigenvalue weighted by molar-refractivity contribution is -0.133. The van der Waals surface area contributed by atoms with E-state index in [9.17, 15) is 13.6 Å². The molecule has 1 amide bonds. The highest BCUT2D eigenvalue weighted by molar-refractivity contribution is 9.10. The van der Waals surface area contributed by atoms with Crippen LogP contribution in [0.15, 0.2) is 0 Å². The number of carbonyl (C=O) groups is 1. The van der Waals surface area contributed by atoms with Crippen molar-refractivity contribution in [1.29, 1.82) is 0 Å². The molecule has 76 valence electrons. The van der Waals surface area contributed by atoms with Crippen LogP contribution in [0.3, 0.4) is 0 Å². The lowest BCUT2D eigenvalue weighted by Gasteiger charge is -2.32. The Hall–Kier alpha value is -0.190. The molecule has 1 saturated carbocycles. The zero-order valence-corrected chi connectivity index (χ0v) is 8.74. The Morgan fingerprint density at radius 1 is 1.31 bits per heavy atom. The molecule has 0 unspecified atom stereocenters. The van der Waals surface area contributed by atoms with E-state index in [2.05, 4.69) is 21.2 Å². The maximum Gasteiger partial charge on any atom is 0.315 e. The van der Waals surface area contributed by atoms with Gasteiger partial charge in [0.15, 0.2) is 0 Å². The van der Waals surface area contributed by atoms with Crippen LogP contribution in [0.25, 0.3) is 0 Å². The van der Waals surface area contributed by atoms with E-state index in [1.807, 2.05) is 0 Å². The van der Waals surface area contributed by atoms with E-state index < -0.39 is 16.8 Å². The summed E-state index contributed by atoms with van der Waals surface area (Å²) >= 11 is 3.30. The van der Waals surface area contributed by atoms with E-state index in [0.717, 1.165) is 32.1 Å². The van der Waals surface area contributed by atoms with Gasteiger partial charge in [0.1, 0.15) is 0 Å². The summed E-state index contributed by atoms with van der Waals surface area (Å²) in [4.78, 5) is 10.7. The number of halogens is 3. The van der Waals surface area contributed by atoms with E-state index in [1.165, 1.54) is 0 Å². The van der Waals surface area contributed by atoms with Gasteiger partial charge in [0.2, 0.25) is 0 Å². The van der Waals surface area contributed by atoms with Crippen LogP contribution in [-0.4, -0.2) is 16.8 Å². The quantitative estimate of drug-likeness (QED) is 0.596. The van der Waals surface area contributed by atoms with Crippen molar-refractivity contribution in [1.82, 2.24) is 5.32 Å². The number of rotatable bonds is 2. The highest BCUT2D eigenvalue weighted by Crippen LogP contribution is 2.33. The van der Waals surface area contributed by atoms with E-state index in [-0.39, 0.29) is 0 Å². The van der Waals surface area contributed by atoms with Crippen LogP contribution in [0.1, 0.15) is 32.1 Å². The van der Waals surface area contributed by atoms with Crippen molar-refractivity contribution in [3.63, 3.8) is 0 Å². The van der Waals surface area contributed by atoms with E-state index in [4.69, 9.17) is 0 Å². The van der Waals surface area contributed by atoms with Crippen LogP contribution < -0.4 is 5.32 Å². The predicted molar refractivity (Wildman–Crippen MR) is 48.9 cm³/mol. The van der Waals surface area contributed by atoms with Crippen molar-refractivity contribution >= 4 is 21.8 Å². The van der Waals surface area contributed by atoms with Gasteiger partial charge in [-0.25, -0.2) is 0 Å². The Labute approximate surface area is 84.2 Å². The molecule has 0 heterocycles. The molecule has 1 N–H and O–H groups in total. The number of alkyl halides is 3. The Balaban J connectivity index is 2.45. The second-order valence-electron chi connectivity index (χ2n) is 3.32. The third-order valence-corrected chi connectivity index (χ3v) is 3.18. The number of hydrogen-bond donors (Lipinski definition) is 1. The van der Waals surface area contributed by atoms with Gasteiger partial charge in [-0.05, 0) is 12.8 Å². The molecule has 0 bridgehead atoms. The van der Waals surface area contributed by atoms with Crippen LogP contribution in [0.2, 0.25) is 0 Å². The minimum absolute atomic E-state index is 0.585. The summed E-state index contributed by atoms with van der Waals surface area (Å²) in [6, 6.07) is 0. The van der Waals surface area contributed by atoms with Gasteiger partial charge in [-0.1, -0.05) is 35.2 Å². The van der Waals surface area contributed by atoms with Crippen LogP contribution in [0.5, 0.6) is 0 Å². The Bertz CT molecular complexity index is 193. The van der Waals surface area contributed by atoms with E-state index in [0.29, 0.717) is 0 Å². The van der Waals surface area contributed by atoms with Crippen LogP contribution in [0.4, 0.5) is 8.78 Å². The van der Waals surface area contributed by atoms with Crippen molar-refractivity contribution in [2.45, 2.75) is 43.0 Å². The van der Waals surface area contributed by atoms with Crippen LogP contribution in [0, 0.1) is 0 Å². The molecule has 13 heavy (non-hydrogen) atoms. The SMILES string of the molecule is O=C(NC1(Br)CCCCC1)C(F)F. The Morgan fingerprint density at radius 2 is 1.85 bits per heavy atom. The Morgan fingerprint density at radius 3 is 2.31 bits per heavy atom. The van der Waals surface area contributed by atoms with Crippen molar-refractivity contribution in [2.24, 2.45) is 0 Å². The molecule has 1 fully saturated rings. The molecule has 1 aliphatic carbocycles. The highest BCUT2D eigenvalue weighted by atomic mass is 79.9. The van der Waals surface area contributed by atoms with Crippen LogP contribution >= 0.6 is 15.9 Å². The van der Waals surface area contributed by atoms with Gasteiger partial charge in [0.05, 0.1) is 4.45 Å². The molecular formula is C8H12BrF2NO. The fraction of sp³-hybridized carbons (Fsp3) is 0.875. The molecule has 0 aliphatic heterocycles. The lowest BCUT2D eigenvalue weighted by atomic mass is 9.95. The van der Waals surface area contributed by atoms with Gasteiger partial charge in [0.25, 0.3) is 5.91 Å². The first-order valence-corrected chi connectivity index (χ1v) is 5.12. The minimum Gasteiger partial charge on any atom is -0.336 e. The second-order valence-corrected chi connectivity index (χ2v) is 4.83. The van der Waals surface area contributed by atoms with Gasteiger partial charge in [-0.15, -0.1) is 0 Å². The summed E-state index contributed by atoms with van der Waals surface area (Å²) in [5.41, 5.74) is 0. The van der Waals surface area contributed by atoms with Crippen LogP contribution in [-0.2, 0) is 4.79 Å². The van der Waals surface area contributed by atoms with E-state index >= 15 is 0 Å². The topological polar surface area (TPSA) is 29.1 Å². The standard InChI is InChI=1S/C8H12BrF2NO/c9-8(4-2-1-3-5-8)12-7(13)6(10)11/h6H,1-5H2,(H,12,13). The highest BCUT2D eigenvalue weighted by Gasteiger charge is 2.32. The zero-order valence-electron chi connectivity index (χ0n) is 7.16. The summed E-state index contributed by atoms with van der Waals surface area (Å²) in [6.07, 6.45) is 1.58. The number of nitrogens with one attached hydrogen (secondary N) is 1. The number of hydrogen-bond acceptors (Lipinski definition) is 1.